The van der Waals surface area contributed by atoms with E-state index in [1.807, 2.05) is 0 Å². The van der Waals surface area contributed by atoms with Crippen LogP contribution in [0.15, 0.2) is 12.7 Å². The van der Waals surface area contributed by atoms with Crippen LogP contribution in [0.1, 0.15) is 0 Å². The molecule has 0 saturated carbocycles. The van der Waals surface area contributed by atoms with Crippen molar-refractivity contribution in [3.05, 3.63) is 12.7 Å². The van der Waals surface area contributed by atoms with Crippen LogP contribution in [0.5, 0.6) is 6.01 Å². The molecule has 0 radical (unpaired) electrons. The van der Waals surface area contributed by atoms with E-state index in [1.54, 1.807) is 6.08 Å². The number of nitrogens with zero attached hydrogens (tertiary/aromatic N) is 3. The van der Waals surface area contributed by atoms with Crippen LogP contribution < -0.4 is 5.73 Å². The summed E-state index contributed by atoms with van der Waals surface area (Å²) in [4.78, 5) is 3.47. The molecule has 0 spiro atoms. The third-order valence-electron chi connectivity index (χ3n) is 0.971. The van der Waals surface area contributed by atoms with E-state index in [2.05, 4.69) is 16.7 Å². The summed E-state index contributed by atoms with van der Waals surface area (Å²) in [5.74, 6) is 0.0688. The van der Waals surface area contributed by atoms with Crippen LogP contribution in [-0.2, 0) is 6.54 Å². The van der Waals surface area contributed by atoms with E-state index in [0.29, 0.717) is 6.54 Å². The molecule has 54 valence electrons. The molecule has 1 rings (SSSR count). The van der Waals surface area contributed by atoms with Crippen LogP contribution in [0.3, 0.4) is 0 Å². The summed E-state index contributed by atoms with van der Waals surface area (Å²) in [5, 5.41) is 12.6. The van der Waals surface area contributed by atoms with Gasteiger partial charge < -0.3 is 10.8 Å². The maximum absolute atomic E-state index is 8.92. The van der Waals surface area contributed by atoms with Crippen molar-refractivity contribution in [2.24, 2.45) is 0 Å². The summed E-state index contributed by atoms with van der Waals surface area (Å²) in [5.41, 5.74) is 5.17. The Bertz CT molecular complexity index is 242. The Morgan fingerprint density at radius 3 is 2.90 bits per heavy atom. The minimum absolute atomic E-state index is 0.0688. The van der Waals surface area contributed by atoms with Gasteiger partial charge in [-0.05, 0) is 0 Å². The van der Waals surface area contributed by atoms with Gasteiger partial charge in [-0.3, -0.25) is 0 Å². The highest BCUT2D eigenvalue weighted by Gasteiger charge is 2.01. The van der Waals surface area contributed by atoms with Crippen molar-refractivity contribution in [3.63, 3.8) is 0 Å². The minimum Gasteiger partial charge on any atom is -0.479 e. The molecule has 0 saturated heterocycles. The number of anilines is 1. The Labute approximate surface area is 57.8 Å². The lowest BCUT2D eigenvalue weighted by molar-refractivity contribution is 0.394. The highest BCUT2D eigenvalue weighted by atomic mass is 16.3. The summed E-state index contributed by atoms with van der Waals surface area (Å²) in [6.07, 6.45) is 1.59. The molecule has 10 heavy (non-hydrogen) atoms. The van der Waals surface area contributed by atoms with Crippen molar-refractivity contribution in [1.82, 2.24) is 14.8 Å². The van der Waals surface area contributed by atoms with Crippen molar-refractivity contribution in [2.45, 2.75) is 6.54 Å². The van der Waals surface area contributed by atoms with E-state index in [0.717, 1.165) is 0 Å². The fourth-order valence-corrected chi connectivity index (χ4v) is 0.596. The summed E-state index contributed by atoms with van der Waals surface area (Å²) >= 11 is 0. The Kier molecular flexibility index (Phi) is 1.57. The number of hydrogen-bond acceptors (Lipinski definition) is 4. The van der Waals surface area contributed by atoms with Crippen LogP contribution in [-0.4, -0.2) is 19.9 Å². The molecule has 0 aromatic carbocycles. The second kappa shape index (κ2) is 2.38. The fraction of sp³-hybridized carbons (Fsp3) is 0.200. The number of hydrogen-bond donors (Lipinski definition) is 2. The first-order valence-electron chi connectivity index (χ1n) is 2.74. The number of nitrogens with two attached hydrogens (primary N) is 1. The molecule has 0 unspecified atom stereocenters. The monoisotopic (exact) mass is 140 g/mol. The second-order valence-electron chi connectivity index (χ2n) is 1.74. The topological polar surface area (TPSA) is 77.0 Å². The largest absolute Gasteiger partial charge is 0.479 e. The van der Waals surface area contributed by atoms with Gasteiger partial charge in [-0.2, -0.15) is 4.98 Å². The first-order chi connectivity index (χ1) is 4.74. The van der Waals surface area contributed by atoms with Crippen molar-refractivity contribution in [1.29, 1.82) is 0 Å². The Balaban J connectivity index is 2.91. The Morgan fingerprint density at radius 1 is 1.80 bits per heavy atom. The smallest absolute Gasteiger partial charge is 0.314 e. The van der Waals surface area contributed by atoms with Crippen LogP contribution in [0.2, 0.25) is 0 Å². The zero-order valence-electron chi connectivity index (χ0n) is 5.36. The summed E-state index contributed by atoms with van der Waals surface area (Å²) in [6, 6.07) is -0.183. The molecule has 1 heterocycles. The highest BCUT2D eigenvalue weighted by molar-refractivity contribution is 5.15. The summed E-state index contributed by atoms with van der Waals surface area (Å²) < 4.78 is 1.25. The van der Waals surface area contributed by atoms with Crippen molar-refractivity contribution in [3.8, 4) is 6.01 Å². The van der Waals surface area contributed by atoms with E-state index < -0.39 is 0 Å². The predicted molar refractivity (Wildman–Crippen MR) is 36.3 cm³/mol. The first-order valence-corrected chi connectivity index (χ1v) is 2.74. The molecule has 0 amide bonds. The van der Waals surface area contributed by atoms with Gasteiger partial charge in [0, 0.05) is 0 Å². The van der Waals surface area contributed by atoms with Gasteiger partial charge >= 0.3 is 6.01 Å². The zero-order chi connectivity index (χ0) is 7.56. The average Bonchev–Trinajstić information content (AvgIpc) is 2.13. The maximum atomic E-state index is 8.92. The second-order valence-corrected chi connectivity index (χ2v) is 1.74. The summed E-state index contributed by atoms with van der Waals surface area (Å²) in [7, 11) is 0. The minimum atomic E-state index is -0.183. The quantitative estimate of drug-likeness (QED) is 0.555. The molecule has 0 aliphatic carbocycles. The van der Waals surface area contributed by atoms with Gasteiger partial charge in [0.2, 0.25) is 5.95 Å². The molecule has 0 aliphatic rings. The molecular formula is C5H8N4O. The van der Waals surface area contributed by atoms with E-state index in [4.69, 9.17) is 10.8 Å². The number of aromatic nitrogens is 3. The van der Waals surface area contributed by atoms with E-state index in [9.17, 15) is 0 Å². The van der Waals surface area contributed by atoms with Gasteiger partial charge in [0.1, 0.15) is 0 Å². The van der Waals surface area contributed by atoms with E-state index in [1.165, 1.54) is 4.68 Å². The lowest BCUT2D eigenvalue weighted by Gasteiger charge is -1.92. The molecule has 0 fully saturated rings. The lowest BCUT2D eigenvalue weighted by Crippen LogP contribution is -1.97. The normalized spacial score (nSPS) is 9.60. The Hall–Kier alpha value is -1.52. The SMILES string of the molecule is C=CCn1nc(N)nc1O. The highest BCUT2D eigenvalue weighted by Crippen LogP contribution is 2.05. The fourth-order valence-electron chi connectivity index (χ4n) is 0.596. The zero-order valence-corrected chi connectivity index (χ0v) is 5.36. The van der Waals surface area contributed by atoms with Crippen molar-refractivity contribution >= 4 is 5.95 Å². The third kappa shape index (κ3) is 1.07. The third-order valence-corrected chi connectivity index (χ3v) is 0.971. The first kappa shape index (κ1) is 6.60. The molecule has 1 aromatic heterocycles. The van der Waals surface area contributed by atoms with E-state index in [-0.39, 0.29) is 12.0 Å². The molecule has 3 N–H and O–H groups in total. The molecular weight excluding hydrogens is 132 g/mol. The molecule has 1 aromatic rings. The Morgan fingerprint density at radius 2 is 2.50 bits per heavy atom. The standard InChI is InChI=1S/C5H8N4O/c1-2-3-9-5(10)7-4(6)8-9/h2H,1,3H2,(H3,6,7,8,10). The van der Waals surface area contributed by atoms with Gasteiger partial charge in [0.05, 0.1) is 6.54 Å². The number of allylic oxidation sites excluding steroid dienone is 1. The average molecular weight is 140 g/mol. The predicted octanol–water partition coefficient (Wildman–Crippen LogP) is -0.248. The van der Waals surface area contributed by atoms with Crippen LogP contribution in [0.4, 0.5) is 5.95 Å². The maximum Gasteiger partial charge on any atom is 0.314 e. The van der Waals surface area contributed by atoms with Gasteiger partial charge in [0.15, 0.2) is 0 Å². The lowest BCUT2D eigenvalue weighted by atomic mass is 10.6. The molecule has 5 heteroatoms. The van der Waals surface area contributed by atoms with Gasteiger partial charge in [-0.25, -0.2) is 4.68 Å². The van der Waals surface area contributed by atoms with Crippen molar-refractivity contribution in [2.75, 3.05) is 5.73 Å². The van der Waals surface area contributed by atoms with Crippen molar-refractivity contribution < 1.29 is 5.11 Å². The van der Waals surface area contributed by atoms with Gasteiger partial charge in [0.25, 0.3) is 0 Å². The molecule has 0 aliphatic heterocycles. The molecule has 5 nitrogen and oxygen atoms in total. The molecule has 0 atom stereocenters. The summed E-state index contributed by atoms with van der Waals surface area (Å²) in [6.45, 7) is 3.88. The van der Waals surface area contributed by atoms with Gasteiger partial charge in [-0.15, -0.1) is 11.7 Å². The number of rotatable bonds is 2. The molecule has 0 bridgehead atoms. The van der Waals surface area contributed by atoms with Crippen LogP contribution in [0.25, 0.3) is 0 Å². The van der Waals surface area contributed by atoms with Gasteiger partial charge in [-0.1, -0.05) is 6.08 Å². The number of nitrogen functional groups attached to an aromatic ring is 1. The van der Waals surface area contributed by atoms with E-state index >= 15 is 0 Å². The van der Waals surface area contributed by atoms with Crippen LogP contribution >= 0.6 is 0 Å². The van der Waals surface area contributed by atoms with Crippen LogP contribution in [0, 0.1) is 0 Å². The number of aromatic hydroxyl groups is 1.